The molecule has 0 heterocycles. The molecular formula is C8H10O6S. The Bertz CT molecular complexity index is 410. The summed E-state index contributed by atoms with van der Waals surface area (Å²) in [4.78, 5) is 0. The average Bonchev–Trinajstić information content (AvgIpc) is 1.99. The van der Waals surface area contributed by atoms with Gasteiger partial charge in [0.1, 0.15) is 0 Å². The molecule has 0 atom stereocenters. The van der Waals surface area contributed by atoms with Crippen molar-refractivity contribution in [1.82, 2.24) is 0 Å². The lowest BCUT2D eigenvalue weighted by atomic mass is 10.1. The largest absolute Gasteiger partial charge is 0.401 e. The van der Waals surface area contributed by atoms with Crippen molar-refractivity contribution in [3.8, 4) is 0 Å². The summed E-state index contributed by atoms with van der Waals surface area (Å²) in [5, 5.41) is 18.2. The Kier molecular flexibility index (Phi) is 3.42. The first-order valence-corrected chi connectivity index (χ1v) is 5.32. The first kappa shape index (κ1) is 12.1. The Morgan fingerprint density at radius 2 is 1.73 bits per heavy atom. The van der Waals surface area contributed by atoms with E-state index in [1.807, 2.05) is 0 Å². The molecule has 6 nitrogen and oxygen atoms in total. The molecule has 0 saturated carbocycles. The highest BCUT2D eigenvalue weighted by atomic mass is 32.3. The van der Waals surface area contributed by atoms with Crippen LogP contribution in [0.15, 0.2) is 30.3 Å². The van der Waals surface area contributed by atoms with E-state index in [2.05, 4.69) is 4.18 Å². The summed E-state index contributed by atoms with van der Waals surface area (Å²) >= 11 is 0. The van der Waals surface area contributed by atoms with Gasteiger partial charge >= 0.3 is 10.4 Å². The Labute approximate surface area is 86.7 Å². The van der Waals surface area contributed by atoms with Gasteiger partial charge in [-0.25, -0.2) is 0 Å². The second kappa shape index (κ2) is 4.25. The van der Waals surface area contributed by atoms with E-state index in [0.29, 0.717) is 5.56 Å². The molecule has 0 aliphatic heterocycles. The van der Waals surface area contributed by atoms with Gasteiger partial charge in [0.05, 0.1) is 6.42 Å². The quantitative estimate of drug-likeness (QED) is 0.487. The Morgan fingerprint density at radius 3 is 2.20 bits per heavy atom. The second-order valence-corrected chi connectivity index (χ2v) is 3.94. The van der Waals surface area contributed by atoms with Gasteiger partial charge in [-0.05, 0) is 5.56 Å². The summed E-state index contributed by atoms with van der Waals surface area (Å²) in [6.07, 6.45) is -0.479. The minimum atomic E-state index is -4.90. The molecule has 0 aliphatic rings. The molecular weight excluding hydrogens is 224 g/mol. The molecule has 0 amide bonds. The van der Waals surface area contributed by atoms with Crippen molar-refractivity contribution in [2.75, 3.05) is 0 Å². The number of aliphatic hydroxyl groups is 2. The van der Waals surface area contributed by atoms with Crippen molar-refractivity contribution in [2.24, 2.45) is 0 Å². The lowest BCUT2D eigenvalue weighted by Gasteiger charge is -2.18. The highest BCUT2D eigenvalue weighted by molar-refractivity contribution is 7.80. The second-order valence-electron chi connectivity index (χ2n) is 2.92. The van der Waals surface area contributed by atoms with Gasteiger partial charge in [0.25, 0.3) is 5.97 Å². The van der Waals surface area contributed by atoms with Crippen molar-refractivity contribution < 1.29 is 27.4 Å². The molecule has 0 spiro atoms. The van der Waals surface area contributed by atoms with E-state index < -0.39 is 22.8 Å². The van der Waals surface area contributed by atoms with Gasteiger partial charge in [0.2, 0.25) is 0 Å². The minimum Gasteiger partial charge on any atom is -0.342 e. The van der Waals surface area contributed by atoms with Crippen LogP contribution in [-0.4, -0.2) is 29.2 Å². The molecule has 1 aromatic carbocycles. The fourth-order valence-electron chi connectivity index (χ4n) is 1.06. The highest BCUT2D eigenvalue weighted by Crippen LogP contribution is 2.13. The number of rotatable bonds is 4. The molecule has 84 valence electrons. The zero-order valence-corrected chi connectivity index (χ0v) is 8.38. The standard InChI is InChI=1S/C8H10O6S/c9-8(10,14-15(11,12)13)6-7-4-2-1-3-5-7/h1-5,9-10H,6H2,(H,11,12,13). The molecule has 7 heteroatoms. The molecule has 15 heavy (non-hydrogen) atoms. The van der Waals surface area contributed by atoms with E-state index in [1.165, 1.54) is 0 Å². The Hall–Kier alpha value is -0.990. The van der Waals surface area contributed by atoms with Crippen LogP contribution in [0.2, 0.25) is 0 Å². The first-order valence-electron chi connectivity index (χ1n) is 3.95. The van der Waals surface area contributed by atoms with Crippen LogP contribution in [0.3, 0.4) is 0 Å². The predicted molar refractivity (Wildman–Crippen MR) is 49.9 cm³/mol. The summed E-state index contributed by atoms with van der Waals surface area (Å²) in [7, 11) is -4.90. The maximum absolute atomic E-state index is 10.3. The molecule has 1 rings (SSSR count). The first-order chi connectivity index (χ1) is 6.79. The zero-order valence-electron chi connectivity index (χ0n) is 7.57. The Morgan fingerprint density at radius 1 is 1.20 bits per heavy atom. The summed E-state index contributed by atoms with van der Waals surface area (Å²) in [6.45, 7) is 0. The van der Waals surface area contributed by atoms with Crippen molar-refractivity contribution in [1.29, 1.82) is 0 Å². The van der Waals surface area contributed by atoms with Gasteiger partial charge in [-0.3, -0.25) is 4.55 Å². The maximum atomic E-state index is 10.3. The SMILES string of the molecule is O=S(=O)(O)OC(O)(O)Cc1ccccc1. The molecule has 3 N–H and O–H groups in total. The van der Waals surface area contributed by atoms with Gasteiger partial charge in [-0.15, -0.1) is 0 Å². The average molecular weight is 234 g/mol. The van der Waals surface area contributed by atoms with E-state index in [-0.39, 0.29) is 0 Å². The molecule has 0 bridgehead atoms. The van der Waals surface area contributed by atoms with Crippen molar-refractivity contribution in [3.05, 3.63) is 35.9 Å². The van der Waals surface area contributed by atoms with Gasteiger partial charge in [-0.1, -0.05) is 30.3 Å². The summed E-state index contributed by atoms with van der Waals surface area (Å²) in [5.74, 6) is -2.95. The smallest absolute Gasteiger partial charge is 0.342 e. The van der Waals surface area contributed by atoms with Crippen LogP contribution in [0.25, 0.3) is 0 Å². The molecule has 0 fully saturated rings. The highest BCUT2D eigenvalue weighted by Gasteiger charge is 2.30. The van der Waals surface area contributed by atoms with Gasteiger partial charge in [-0.2, -0.15) is 12.6 Å². The number of benzene rings is 1. The Balaban J connectivity index is 2.73. The minimum absolute atomic E-state index is 0.450. The van der Waals surface area contributed by atoms with Gasteiger partial charge < -0.3 is 10.2 Å². The molecule has 0 saturated heterocycles. The predicted octanol–water partition coefficient (Wildman–Crippen LogP) is -0.313. The molecule has 0 aliphatic carbocycles. The zero-order chi connectivity index (χ0) is 11.5. The van der Waals surface area contributed by atoms with Gasteiger partial charge in [0, 0.05) is 0 Å². The van der Waals surface area contributed by atoms with E-state index >= 15 is 0 Å². The lowest BCUT2D eigenvalue weighted by molar-refractivity contribution is -0.290. The number of hydrogen-bond acceptors (Lipinski definition) is 5. The summed E-state index contributed by atoms with van der Waals surface area (Å²) in [6, 6.07) is 8.09. The molecule has 0 aromatic heterocycles. The topological polar surface area (TPSA) is 104 Å². The van der Waals surface area contributed by atoms with Crippen LogP contribution in [0.1, 0.15) is 5.56 Å². The third-order valence-electron chi connectivity index (χ3n) is 1.52. The van der Waals surface area contributed by atoms with Crippen LogP contribution in [0, 0.1) is 0 Å². The normalized spacial score (nSPS) is 12.7. The third kappa shape index (κ3) is 4.86. The van der Waals surface area contributed by atoms with Crippen molar-refractivity contribution >= 4 is 10.4 Å². The maximum Gasteiger partial charge on any atom is 0.401 e. The van der Waals surface area contributed by atoms with Crippen LogP contribution in [-0.2, 0) is 21.0 Å². The lowest BCUT2D eigenvalue weighted by Crippen LogP contribution is -2.36. The van der Waals surface area contributed by atoms with Crippen LogP contribution in [0.5, 0.6) is 0 Å². The van der Waals surface area contributed by atoms with E-state index in [9.17, 15) is 8.42 Å². The molecule has 0 radical (unpaired) electrons. The van der Waals surface area contributed by atoms with Crippen LogP contribution in [0.4, 0.5) is 0 Å². The fraction of sp³-hybridized carbons (Fsp3) is 0.250. The monoisotopic (exact) mass is 234 g/mol. The third-order valence-corrected chi connectivity index (χ3v) is 1.99. The summed E-state index contributed by atoms with van der Waals surface area (Å²) < 4.78 is 32.4. The van der Waals surface area contributed by atoms with Crippen molar-refractivity contribution in [3.63, 3.8) is 0 Å². The molecule has 0 unspecified atom stereocenters. The van der Waals surface area contributed by atoms with E-state index in [0.717, 1.165) is 0 Å². The van der Waals surface area contributed by atoms with E-state index in [4.69, 9.17) is 14.8 Å². The molecule has 1 aromatic rings. The van der Waals surface area contributed by atoms with Crippen LogP contribution >= 0.6 is 0 Å². The summed E-state index contributed by atoms with van der Waals surface area (Å²) in [5.41, 5.74) is 0.450. The van der Waals surface area contributed by atoms with E-state index in [1.54, 1.807) is 30.3 Å². The van der Waals surface area contributed by atoms with Gasteiger partial charge in [0.15, 0.2) is 0 Å². The number of hydrogen-bond donors (Lipinski definition) is 3. The van der Waals surface area contributed by atoms with Crippen LogP contribution < -0.4 is 0 Å². The fourth-order valence-corrected chi connectivity index (χ4v) is 1.46. The van der Waals surface area contributed by atoms with Crippen molar-refractivity contribution in [2.45, 2.75) is 12.4 Å².